The van der Waals surface area contributed by atoms with E-state index in [-0.39, 0.29) is 23.1 Å². The summed E-state index contributed by atoms with van der Waals surface area (Å²) in [7, 11) is 0. The zero-order valence-electron chi connectivity index (χ0n) is 18.0. The number of rotatable bonds is 8. The van der Waals surface area contributed by atoms with Gasteiger partial charge in [-0.15, -0.1) is 0 Å². The molecule has 0 saturated heterocycles. The Bertz CT molecular complexity index is 1080. The summed E-state index contributed by atoms with van der Waals surface area (Å²) >= 11 is 0. The second-order valence-electron chi connectivity index (χ2n) is 7.80. The van der Waals surface area contributed by atoms with Gasteiger partial charge in [0, 0.05) is 5.56 Å². The van der Waals surface area contributed by atoms with Gasteiger partial charge in [0.05, 0.1) is 0 Å². The molecule has 0 aromatic heterocycles. The van der Waals surface area contributed by atoms with Gasteiger partial charge in [-0.1, -0.05) is 57.4 Å². The van der Waals surface area contributed by atoms with Crippen LogP contribution < -0.4 is 0 Å². The highest BCUT2D eigenvalue weighted by Crippen LogP contribution is 2.45. The summed E-state index contributed by atoms with van der Waals surface area (Å²) in [5.41, 5.74) is 0.689. The van der Waals surface area contributed by atoms with Crippen LogP contribution in [-0.4, -0.2) is 0 Å². The van der Waals surface area contributed by atoms with E-state index in [1.54, 1.807) is 19.1 Å². The summed E-state index contributed by atoms with van der Waals surface area (Å²) in [6.45, 7) is 3.71. The molecule has 0 aliphatic carbocycles. The molecule has 0 saturated carbocycles. The van der Waals surface area contributed by atoms with Crippen molar-refractivity contribution in [1.29, 1.82) is 0 Å². The molecule has 6 heteroatoms. The highest BCUT2D eigenvalue weighted by molar-refractivity contribution is 5.90. The molecule has 1 radical (unpaired) electrons. The van der Waals surface area contributed by atoms with Crippen molar-refractivity contribution >= 4 is 0 Å². The monoisotopic (exact) mass is 447 g/mol. The van der Waals surface area contributed by atoms with Crippen molar-refractivity contribution < 1.29 is 27.1 Å². The van der Waals surface area contributed by atoms with Crippen LogP contribution in [0.1, 0.15) is 50.7 Å². The van der Waals surface area contributed by atoms with Crippen molar-refractivity contribution in [2.45, 2.75) is 52.4 Å². The summed E-state index contributed by atoms with van der Waals surface area (Å²) in [4.78, 5) is 0. The van der Waals surface area contributed by atoms with Crippen molar-refractivity contribution in [3.8, 4) is 28.0 Å². The fourth-order valence-corrected chi connectivity index (χ4v) is 3.94. The average molecular weight is 447 g/mol. The standard InChI is InChI=1S/C26H24F5O/c1-3-5-6-7-8-15-9-11-16(12-10-15)21-18(4-2)23(29)25(31)26(32)22(21)17-13-19(27)24(30)20(28)14-17/h9-14H,3-8H2,1-2H3. The summed E-state index contributed by atoms with van der Waals surface area (Å²) in [5, 5.41) is 12.7. The van der Waals surface area contributed by atoms with Gasteiger partial charge >= 0.3 is 0 Å². The molecule has 1 nitrogen and oxygen atoms in total. The highest BCUT2D eigenvalue weighted by Gasteiger charge is 2.28. The molecule has 0 atom stereocenters. The third-order valence-corrected chi connectivity index (χ3v) is 5.62. The first-order valence-electron chi connectivity index (χ1n) is 10.7. The van der Waals surface area contributed by atoms with Crippen molar-refractivity contribution in [3.05, 3.63) is 76.6 Å². The number of hydrogen-bond acceptors (Lipinski definition) is 0. The Morgan fingerprint density at radius 1 is 0.688 bits per heavy atom. The Morgan fingerprint density at radius 2 is 1.31 bits per heavy atom. The van der Waals surface area contributed by atoms with Gasteiger partial charge in [-0.25, -0.2) is 17.6 Å². The van der Waals surface area contributed by atoms with Crippen molar-refractivity contribution in [2.75, 3.05) is 0 Å². The molecule has 3 rings (SSSR count). The molecule has 0 bridgehead atoms. The molecule has 0 unspecified atom stereocenters. The van der Waals surface area contributed by atoms with Gasteiger partial charge in [-0.05, 0) is 59.2 Å². The largest absolute Gasteiger partial charge is 0.286 e. The van der Waals surface area contributed by atoms with Gasteiger partial charge in [0.15, 0.2) is 23.3 Å². The quantitative estimate of drug-likeness (QED) is 0.187. The lowest BCUT2D eigenvalue weighted by atomic mass is 9.87. The van der Waals surface area contributed by atoms with Gasteiger partial charge in [0.1, 0.15) is 0 Å². The number of unbranched alkanes of at least 4 members (excludes halogenated alkanes) is 3. The van der Waals surface area contributed by atoms with Crippen LogP contribution in [0.25, 0.3) is 22.3 Å². The minimum absolute atomic E-state index is 0.0380. The third kappa shape index (κ3) is 4.64. The van der Waals surface area contributed by atoms with Crippen LogP contribution in [0.4, 0.5) is 22.0 Å². The second kappa shape index (κ2) is 10.2. The molecule has 0 amide bonds. The summed E-state index contributed by atoms with van der Waals surface area (Å²) in [6.07, 6.45) is 5.28. The molecule has 0 heterocycles. The smallest absolute Gasteiger partial charge is 0.225 e. The molecule has 0 spiro atoms. The van der Waals surface area contributed by atoms with Crippen LogP contribution in [0.15, 0.2) is 36.4 Å². The molecule has 0 fully saturated rings. The van der Waals surface area contributed by atoms with Gasteiger partial charge in [0.2, 0.25) is 11.6 Å². The first kappa shape index (κ1) is 23.8. The SMILES string of the molecule is CCCCCCc1ccc(-c2c(CC)c(F)c(F)c([O])c2-c2cc(F)c(F)c(F)c2)cc1. The molecule has 3 aromatic rings. The predicted molar refractivity (Wildman–Crippen MR) is 114 cm³/mol. The molecule has 0 aliphatic heterocycles. The van der Waals surface area contributed by atoms with Crippen LogP contribution >= 0.6 is 0 Å². The lowest BCUT2D eigenvalue weighted by molar-refractivity contribution is 0.321. The minimum Gasteiger partial charge on any atom is -0.286 e. The molecule has 0 N–H and O–H groups in total. The van der Waals surface area contributed by atoms with E-state index >= 15 is 0 Å². The average Bonchev–Trinajstić information content (AvgIpc) is 2.78. The first-order chi connectivity index (χ1) is 15.3. The fourth-order valence-electron chi connectivity index (χ4n) is 3.94. The van der Waals surface area contributed by atoms with E-state index in [1.165, 1.54) is 0 Å². The molecule has 3 aromatic carbocycles. The van der Waals surface area contributed by atoms with E-state index in [0.29, 0.717) is 17.7 Å². The number of hydrogen-bond donors (Lipinski definition) is 0. The predicted octanol–water partition coefficient (Wildman–Crippen LogP) is 8.55. The molecule has 169 valence electrons. The van der Waals surface area contributed by atoms with Gasteiger partial charge in [0.25, 0.3) is 0 Å². The number of aryl methyl sites for hydroxylation is 1. The summed E-state index contributed by atoms with van der Waals surface area (Å²) in [5.74, 6) is -8.98. The van der Waals surface area contributed by atoms with E-state index < -0.39 is 40.4 Å². The third-order valence-electron chi connectivity index (χ3n) is 5.62. The topological polar surface area (TPSA) is 19.9 Å². The fraction of sp³-hybridized carbons (Fsp3) is 0.308. The maximum absolute atomic E-state index is 14.7. The van der Waals surface area contributed by atoms with E-state index in [1.807, 2.05) is 12.1 Å². The van der Waals surface area contributed by atoms with Crippen molar-refractivity contribution in [1.82, 2.24) is 0 Å². The van der Waals surface area contributed by atoms with Gasteiger partial charge in [-0.3, -0.25) is 5.11 Å². The zero-order chi connectivity index (χ0) is 23.4. The molecule has 32 heavy (non-hydrogen) atoms. The van der Waals surface area contributed by atoms with E-state index in [2.05, 4.69) is 6.92 Å². The Balaban J connectivity index is 2.17. The normalized spacial score (nSPS) is 11.2. The Morgan fingerprint density at radius 3 is 1.88 bits per heavy atom. The molecule has 0 aliphatic rings. The van der Waals surface area contributed by atoms with Crippen molar-refractivity contribution in [3.63, 3.8) is 0 Å². The maximum atomic E-state index is 14.7. The number of halogens is 5. The van der Waals surface area contributed by atoms with Crippen LogP contribution in [0.2, 0.25) is 0 Å². The Kier molecular flexibility index (Phi) is 7.54. The molecular weight excluding hydrogens is 423 g/mol. The van der Waals surface area contributed by atoms with Crippen LogP contribution in [0, 0.1) is 29.1 Å². The molecular formula is C26H24F5O. The lowest BCUT2D eigenvalue weighted by Gasteiger charge is -2.18. The van der Waals surface area contributed by atoms with Crippen LogP contribution in [0.3, 0.4) is 0 Å². The first-order valence-corrected chi connectivity index (χ1v) is 10.7. The maximum Gasteiger partial charge on any atom is 0.225 e. The minimum atomic E-state index is -1.70. The van der Waals surface area contributed by atoms with E-state index in [9.17, 15) is 27.1 Å². The van der Waals surface area contributed by atoms with Crippen LogP contribution in [0.5, 0.6) is 5.75 Å². The number of benzene rings is 3. The van der Waals surface area contributed by atoms with Crippen molar-refractivity contribution in [2.24, 2.45) is 0 Å². The summed E-state index contributed by atoms with van der Waals surface area (Å²) < 4.78 is 70.3. The highest BCUT2D eigenvalue weighted by atomic mass is 19.2. The zero-order valence-corrected chi connectivity index (χ0v) is 18.0. The second-order valence-corrected chi connectivity index (χ2v) is 7.80. The summed E-state index contributed by atoms with van der Waals surface area (Å²) in [6, 6.07) is 8.28. The van der Waals surface area contributed by atoms with Gasteiger partial charge in [-0.2, -0.15) is 4.39 Å². The Labute approximate surface area is 184 Å². The van der Waals surface area contributed by atoms with E-state index in [4.69, 9.17) is 0 Å². The van der Waals surface area contributed by atoms with Crippen LogP contribution in [-0.2, 0) is 17.9 Å². The van der Waals surface area contributed by atoms with E-state index in [0.717, 1.165) is 37.7 Å². The Hall–Kier alpha value is -2.89. The van der Waals surface area contributed by atoms with Gasteiger partial charge < -0.3 is 0 Å². The lowest BCUT2D eigenvalue weighted by Crippen LogP contribution is -2.02.